The van der Waals surface area contributed by atoms with E-state index in [4.69, 9.17) is 10.3 Å². The molecule has 0 unspecified atom stereocenters. The molecule has 0 amide bonds. The quantitative estimate of drug-likeness (QED) is 0.825. The maximum atomic E-state index is 5.39. The molecular formula is C11H13N3O. The molecule has 15 heavy (non-hydrogen) atoms. The second kappa shape index (κ2) is 4.23. The number of hydrogen-bond acceptors (Lipinski definition) is 4. The highest BCUT2D eigenvalue weighted by Crippen LogP contribution is 2.16. The molecule has 2 aromatic rings. The summed E-state index contributed by atoms with van der Waals surface area (Å²) in [4.78, 5) is 4.15. The van der Waals surface area contributed by atoms with E-state index < -0.39 is 0 Å². The van der Waals surface area contributed by atoms with Crippen molar-refractivity contribution in [2.24, 2.45) is 5.73 Å². The Morgan fingerprint density at radius 2 is 2.00 bits per heavy atom. The first-order valence-electron chi connectivity index (χ1n) is 4.95. The van der Waals surface area contributed by atoms with Crippen LogP contribution in [0.25, 0.3) is 11.4 Å². The third-order valence-corrected chi connectivity index (χ3v) is 2.26. The average molecular weight is 203 g/mol. The van der Waals surface area contributed by atoms with Gasteiger partial charge in [0.15, 0.2) is 0 Å². The fourth-order valence-electron chi connectivity index (χ4n) is 1.34. The first-order chi connectivity index (χ1) is 7.33. The van der Waals surface area contributed by atoms with Gasteiger partial charge < -0.3 is 10.3 Å². The molecular weight excluding hydrogens is 190 g/mol. The lowest BCUT2D eigenvalue weighted by Crippen LogP contribution is -1.95. The number of aromatic nitrogens is 2. The molecule has 1 heterocycles. The maximum Gasteiger partial charge on any atom is 0.240 e. The molecule has 0 spiro atoms. The van der Waals surface area contributed by atoms with Crippen molar-refractivity contribution < 1.29 is 4.52 Å². The Hall–Kier alpha value is -1.68. The number of nitrogens with zero attached hydrogens (tertiary/aromatic N) is 2. The number of benzene rings is 1. The topological polar surface area (TPSA) is 64.9 Å². The van der Waals surface area contributed by atoms with E-state index >= 15 is 0 Å². The predicted octanol–water partition coefficient (Wildman–Crippen LogP) is 1.76. The SMILES string of the molecule is CCc1ccc(-c2noc(CN)n2)cc1. The summed E-state index contributed by atoms with van der Waals surface area (Å²) in [6.45, 7) is 2.40. The van der Waals surface area contributed by atoms with Crippen molar-refractivity contribution in [2.75, 3.05) is 0 Å². The lowest BCUT2D eigenvalue weighted by molar-refractivity contribution is 0.380. The van der Waals surface area contributed by atoms with E-state index in [9.17, 15) is 0 Å². The zero-order valence-electron chi connectivity index (χ0n) is 8.60. The van der Waals surface area contributed by atoms with Crippen LogP contribution in [0.3, 0.4) is 0 Å². The monoisotopic (exact) mass is 203 g/mol. The zero-order valence-corrected chi connectivity index (χ0v) is 8.60. The third kappa shape index (κ3) is 2.05. The summed E-state index contributed by atoms with van der Waals surface area (Å²) < 4.78 is 4.94. The van der Waals surface area contributed by atoms with Crippen molar-refractivity contribution in [3.63, 3.8) is 0 Å². The standard InChI is InChI=1S/C11H13N3O/c1-2-8-3-5-9(6-4-8)11-13-10(7-12)15-14-11/h3-6H,2,7,12H2,1H3. The van der Waals surface area contributed by atoms with Crippen LogP contribution in [0.4, 0.5) is 0 Å². The van der Waals surface area contributed by atoms with Crippen LogP contribution >= 0.6 is 0 Å². The third-order valence-electron chi connectivity index (χ3n) is 2.26. The largest absolute Gasteiger partial charge is 0.338 e. The van der Waals surface area contributed by atoms with Crippen LogP contribution in [-0.4, -0.2) is 10.1 Å². The number of nitrogens with two attached hydrogens (primary N) is 1. The van der Waals surface area contributed by atoms with E-state index in [0.717, 1.165) is 12.0 Å². The van der Waals surface area contributed by atoms with Crippen LogP contribution in [0.2, 0.25) is 0 Å². The predicted molar refractivity (Wildman–Crippen MR) is 57.0 cm³/mol. The van der Waals surface area contributed by atoms with Gasteiger partial charge in [-0.25, -0.2) is 0 Å². The molecule has 0 bridgehead atoms. The fourth-order valence-corrected chi connectivity index (χ4v) is 1.34. The van der Waals surface area contributed by atoms with Gasteiger partial charge in [0.1, 0.15) is 0 Å². The molecule has 4 nitrogen and oxygen atoms in total. The Bertz CT molecular complexity index is 433. The number of rotatable bonds is 3. The summed E-state index contributed by atoms with van der Waals surface area (Å²) in [6, 6.07) is 8.11. The van der Waals surface area contributed by atoms with Gasteiger partial charge >= 0.3 is 0 Å². The van der Waals surface area contributed by atoms with Gasteiger partial charge in [-0.3, -0.25) is 0 Å². The van der Waals surface area contributed by atoms with E-state index in [1.165, 1.54) is 5.56 Å². The Morgan fingerprint density at radius 3 is 2.53 bits per heavy atom. The molecule has 0 saturated carbocycles. The molecule has 0 saturated heterocycles. The lowest BCUT2D eigenvalue weighted by atomic mass is 10.1. The molecule has 0 aliphatic heterocycles. The van der Waals surface area contributed by atoms with Crippen LogP contribution in [0, 0.1) is 0 Å². The Balaban J connectivity index is 2.28. The molecule has 1 aromatic carbocycles. The average Bonchev–Trinajstić information content (AvgIpc) is 2.78. The smallest absolute Gasteiger partial charge is 0.240 e. The van der Waals surface area contributed by atoms with Crippen LogP contribution < -0.4 is 5.73 Å². The molecule has 4 heteroatoms. The van der Waals surface area contributed by atoms with Crippen molar-refractivity contribution in [2.45, 2.75) is 19.9 Å². The number of hydrogen-bond donors (Lipinski definition) is 1. The molecule has 78 valence electrons. The van der Waals surface area contributed by atoms with Crippen LogP contribution in [0.15, 0.2) is 28.8 Å². The summed E-state index contributed by atoms with van der Waals surface area (Å²) in [5.74, 6) is 1.06. The molecule has 2 N–H and O–H groups in total. The van der Waals surface area contributed by atoms with E-state index in [1.54, 1.807) is 0 Å². The summed E-state index contributed by atoms with van der Waals surface area (Å²) in [6.07, 6.45) is 1.03. The molecule has 0 aliphatic rings. The van der Waals surface area contributed by atoms with Crippen molar-refractivity contribution in [1.82, 2.24) is 10.1 Å². The van der Waals surface area contributed by atoms with E-state index in [2.05, 4.69) is 29.2 Å². The van der Waals surface area contributed by atoms with Gasteiger partial charge in [0, 0.05) is 5.56 Å². The van der Waals surface area contributed by atoms with Crippen molar-refractivity contribution >= 4 is 0 Å². The summed E-state index contributed by atoms with van der Waals surface area (Å²) in [7, 11) is 0. The van der Waals surface area contributed by atoms with Crippen molar-refractivity contribution in [1.29, 1.82) is 0 Å². The van der Waals surface area contributed by atoms with Crippen molar-refractivity contribution in [3.8, 4) is 11.4 Å². The fraction of sp³-hybridized carbons (Fsp3) is 0.273. The zero-order chi connectivity index (χ0) is 10.7. The summed E-state index contributed by atoms with van der Waals surface area (Å²) in [5.41, 5.74) is 7.64. The minimum absolute atomic E-state index is 0.278. The first kappa shape index (κ1) is 9.86. The van der Waals surface area contributed by atoms with Gasteiger partial charge in [-0.05, 0) is 12.0 Å². The van der Waals surface area contributed by atoms with E-state index in [0.29, 0.717) is 11.7 Å². The first-order valence-corrected chi connectivity index (χ1v) is 4.95. The van der Waals surface area contributed by atoms with Crippen molar-refractivity contribution in [3.05, 3.63) is 35.7 Å². The van der Waals surface area contributed by atoms with Gasteiger partial charge in [0.05, 0.1) is 6.54 Å². The molecule has 0 radical (unpaired) electrons. The highest BCUT2D eigenvalue weighted by molar-refractivity contribution is 5.54. The van der Waals surface area contributed by atoms with Gasteiger partial charge in [-0.15, -0.1) is 0 Å². The summed E-state index contributed by atoms with van der Waals surface area (Å²) in [5, 5.41) is 3.85. The molecule has 2 rings (SSSR count). The van der Waals surface area contributed by atoms with Crippen LogP contribution in [0.5, 0.6) is 0 Å². The molecule has 1 aromatic heterocycles. The van der Waals surface area contributed by atoms with Gasteiger partial charge in [-0.1, -0.05) is 36.3 Å². The highest BCUT2D eigenvalue weighted by Gasteiger charge is 2.06. The Labute approximate surface area is 88.1 Å². The Morgan fingerprint density at radius 1 is 1.27 bits per heavy atom. The minimum atomic E-state index is 0.278. The Kier molecular flexibility index (Phi) is 2.78. The second-order valence-electron chi connectivity index (χ2n) is 3.27. The molecule has 0 atom stereocenters. The van der Waals surface area contributed by atoms with Gasteiger partial charge in [0.2, 0.25) is 11.7 Å². The van der Waals surface area contributed by atoms with Gasteiger partial charge in [-0.2, -0.15) is 4.98 Å². The normalized spacial score (nSPS) is 10.5. The summed E-state index contributed by atoms with van der Waals surface area (Å²) >= 11 is 0. The van der Waals surface area contributed by atoms with Crippen LogP contribution in [0.1, 0.15) is 18.4 Å². The molecule has 0 fully saturated rings. The minimum Gasteiger partial charge on any atom is -0.338 e. The second-order valence-corrected chi connectivity index (χ2v) is 3.27. The van der Waals surface area contributed by atoms with Crippen LogP contribution in [-0.2, 0) is 13.0 Å². The van der Waals surface area contributed by atoms with Gasteiger partial charge in [0.25, 0.3) is 0 Å². The maximum absolute atomic E-state index is 5.39. The van der Waals surface area contributed by atoms with E-state index in [1.807, 2.05) is 12.1 Å². The number of aryl methyl sites for hydroxylation is 1. The molecule has 0 aliphatic carbocycles. The van der Waals surface area contributed by atoms with E-state index in [-0.39, 0.29) is 6.54 Å². The highest BCUT2D eigenvalue weighted by atomic mass is 16.5. The lowest BCUT2D eigenvalue weighted by Gasteiger charge is -1.97.